The maximum atomic E-state index is 12.6. The van der Waals surface area contributed by atoms with Crippen LogP contribution in [-0.4, -0.2) is 32.2 Å². The van der Waals surface area contributed by atoms with Gasteiger partial charge in [-0.25, -0.2) is 4.57 Å². The van der Waals surface area contributed by atoms with E-state index in [0.29, 0.717) is 19.0 Å². The third-order valence-electron chi connectivity index (χ3n) is 4.92. The Kier molecular flexibility index (Phi) is 4.43. The zero-order chi connectivity index (χ0) is 16.5. The summed E-state index contributed by atoms with van der Waals surface area (Å²) in [5.74, 6) is 0.0413. The molecular formula is C17H23O6P. The first-order chi connectivity index (χ1) is 11.6. The van der Waals surface area contributed by atoms with Crippen LogP contribution in [0.1, 0.15) is 32.1 Å². The number of hydrogen-bond donors (Lipinski definition) is 0. The van der Waals surface area contributed by atoms with Gasteiger partial charge in [0.25, 0.3) is 0 Å². The Balaban J connectivity index is 1.35. The molecule has 0 bridgehead atoms. The molecular weight excluding hydrogens is 331 g/mol. The smallest absolute Gasteiger partial charge is 0.404 e. The lowest BCUT2D eigenvalue weighted by atomic mass is 9.88. The molecule has 0 radical (unpaired) electrons. The number of benzene rings is 1. The minimum atomic E-state index is -3.58. The number of rotatable bonds is 2. The van der Waals surface area contributed by atoms with E-state index in [1.54, 1.807) is 24.3 Å². The van der Waals surface area contributed by atoms with Crippen LogP contribution in [0, 0.1) is 5.41 Å². The second-order valence-electron chi connectivity index (χ2n) is 6.95. The highest BCUT2D eigenvalue weighted by molar-refractivity contribution is 7.49. The van der Waals surface area contributed by atoms with Crippen molar-refractivity contribution < 1.29 is 27.6 Å². The summed E-state index contributed by atoms with van der Waals surface area (Å²) >= 11 is 0. The largest absolute Gasteiger partial charge is 0.530 e. The first-order valence-electron chi connectivity index (χ1n) is 8.53. The highest BCUT2D eigenvalue weighted by Gasteiger charge is 2.51. The van der Waals surface area contributed by atoms with E-state index in [-0.39, 0.29) is 13.2 Å². The summed E-state index contributed by atoms with van der Waals surface area (Å²) in [5, 5.41) is 0. The quantitative estimate of drug-likeness (QED) is 0.750. The fraction of sp³-hybridized carbons (Fsp3) is 0.647. The SMILES string of the molecule is O=P1(Oc2ccccc2)OCC2(COC3(CCCCC3)OC2)CO1. The van der Waals surface area contributed by atoms with E-state index in [1.807, 2.05) is 6.07 Å². The molecule has 3 fully saturated rings. The third kappa shape index (κ3) is 3.39. The lowest BCUT2D eigenvalue weighted by molar-refractivity contribution is -0.324. The van der Waals surface area contributed by atoms with Crippen molar-refractivity contribution in [1.82, 2.24) is 0 Å². The summed E-state index contributed by atoms with van der Waals surface area (Å²) in [6.45, 7) is 1.48. The van der Waals surface area contributed by atoms with Crippen LogP contribution in [0.25, 0.3) is 0 Å². The summed E-state index contributed by atoms with van der Waals surface area (Å²) in [5.41, 5.74) is -0.406. The molecule has 1 aliphatic carbocycles. The molecule has 3 aliphatic rings. The Hall–Kier alpha value is -0.910. The van der Waals surface area contributed by atoms with Gasteiger partial charge >= 0.3 is 7.82 Å². The highest BCUT2D eigenvalue weighted by Crippen LogP contribution is 2.55. The fourth-order valence-corrected chi connectivity index (χ4v) is 4.80. The maximum Gasteiger partial charge on any atom is 0.530 e. The Labute approximate surface area is 142 Å². The Morgan fingerprint density at radius 2 is 1.50 bits per heavy atom. The topological polar surface area (TPSA) is 63.2 Å². The molecule has 2 aliphatic heterocycles. The molecule has 0 atom stereocenters. The molecule has 1 saturated carbocycles. The molecule has 1 aromatic rings. The summed E-state index contributed by atoms with van der Waals surface area (Å²) in [6.07, 6.45) is 5.41. The second kappa shape index (κ2) is 6.43. The van der Waals surface area contributed by atoms with Gasteiger partial charge in [0, 0.05) is 12.8 Å². The van der Waals surface area contributed by atoms with Crippen molar-refractivity contribution in [3.05, 3.63) is 30.3 Å². The number of ether oxygens (including phenoxy) is 2. The minimum Gasteiger partial charge on any atom is -0.404 e. The molecule has 6 nitrogen and oxygen atoms in total. The van der Waals surface area contributed by atoms with Crippen LogP contribution in [0.3, 0.4) is 0 Å². The molecule has 0 amide bonds. The van der Waals surface area contributed by atoms with Gasteiger partial charge in [-0.2, -0.15) is 0 Å². The number of para-hydroxylation sites is 1. The zero-order valence-corrected chi connectivity index (χ0v) is 14.5. The van der Waals surface area contributed by atoms with E-state index in [4.69, 9.17) is 23.0 Å². The molecule has 0 N–H and O–H groups in total. The normalized spacial score (nSPS) is 27.8. The second-order valence-corrected chi connectivity index (χ2v) is 8.54. The van der Waals surface area contributed by atoms with Gasteiger partial charge < -0.3 is 14.0 Å². The molecule has 4 rings (SSSR count). The van der Waals surface area contributed by atoms with Crippen molar-refractivity contribution in [2.45, 2.75) is 37.9 Å². The molecule has 132 valence electrons. The van der Waals surface area contributed by atoms with Crippen LogP contribution in [0.5, 0.6) is 5.75 Å². The van der Waals surface area contributed by atoms with Crippen molar-refractivity contribution in [2.75, 3.05) is 26.4 Å². The van der Waals surface area contributed by atoms with Crippen molar-refractivity contribution in [2.24, 2.45) is 5.41 Å². The fourth-order valence-electron chi connectivity index (χ4n) is 3.37. The molecule has 24 heavy (non-hydrogen) atoms. The minimum absolute atomic E-state index is 0.243. The van der Waals surface area contributed by atoms with Crippen molar-refractivity contribution in [3.8, 4) is 5.75 Å². The predicted octanol–water partition coefficient (Wildman–Crippen LogP) is 3.91. The van der Waals surface area contributed by atoms with Crippen LogP contribution < -0.4 is 4.52 Å². The third-order valence-corrected chi connectivity index (χ3v) is 6.24. The standard InChI is InChI=1S/C17H23O6P/c18-24(23-15-7-3-1-4-8-15)21-13-16(14-22-24)11-19-17(20-12-16)9-5-2-6-10-17/h1,3-4,7-8H,2,5-6,9-14H2. The van der Waals surface area contributed by atoms with Gasteiger partial charge in [-0.3, -0.25) is 9.05 Å². The van der Waals surface area contributed by atoms with Crippen LogP contribution in [0.2, 0.25) is 0 Å². The van der Waals surface area contributed by atoms with Gasteiger partial charge in [-0.1, -0.05) is 24.6 Å². The van der Waals surface area contributed by atoms with Crippen molar-refractivity contribution in [1.29, 1.82) is 0 Å². The van der Waals surface area contributed by atoms with E-state index in [1.165, 1.54) is 6.42 Å². The van der Waals surface area contributed by atoms with Gasteiger partial charge in [-0.15, -0.1) is 0 Å². The van der Waals surface area contributed by atoms with Crippen LogP contribution >= 0.6 is 7.82 Å². The molecule has 0 aromatic heterocycles. The summed E-state index contributed by atoms with van der Waals surface area (Å²) < 4.78 is 41.1. The average molecular weight is 354 g/mol. The average Bonchev–Trinajstić information content (AvgIpc) is 2.62. The summed E-state index contributed by atoms with van der Waals surface area (Å²) in [6, 6.07) is 8.91. The predicted molar refractivity (Wildman–Crippen MR) is 86.7 cm³/mol. The van der Waals surface area contributed by atoms with E-state index in [9.17, 15) is 4.57 Å². The molecule has 7 heteroatoms. The summed E-state index contributed by atoms with van der Waals surface area (Å²) in [7, 11) is -3.58. The first kappa shape index (κ1) is 16.6. The van der Waals surface area contributed by atoms with E-state index in [0.717, 1.165) is 25.7 Å². The molecule has 2 saturated heterocycles. The maximum absolute atomic E-state index is 12.6. The van der Waals surface area contributed by atoms with E-state index >= 15 is 0 Å². The van der Waals surface area contributed by atoms with Crippen LogP contribution in [0.15, 0.2) is 30.3 Å². The van der Waals surface area contributed by atoms with Gasteiger partial charge in [0.2, 0.25) is 0 Å². The summed E-state index contributed by atoms with van der Waals surface area (Å²) in [4.78, 5) is 0. The molecule has 2 spiro atoms. The lowest BCUT2D eigenvalue weighted by Crippen LogP contribution is -2.55. The Bertz CT molecular complexity index is 589. The zero-order valence-electron chi connectivity index (χ0n) is 13.6. The number of hydrogen-bond acceptors (Lipinski definition) is 6. The Morgan fingerprint density at radius 1 is 0.875 bits per heavy atom. The van der Waals surface area contributed by atoms with Gasteiger partial charge in [0.05, 0.1) is 31.8 Å². The number of phosphoric ester groups is 1. The van der Waals surface area contributed by atoms with Crippen LogP contribution in [0.4, 0.5) is 0 Å². The van der Waals surface area contributed by atoms with Gasteiger partial charge in [0.1, 0.15) is 5.75 Å². The van der Waals surface area contributed by atoms with E-state index in [2.05, 4.69) is 0 Å². The van der Waals surface area contributed by atoms with E-state index < -0.39 is 19.0 Å². The monoisotopic (exact) mass is 354 g/mol. The molecule has 1 aromatic carbocycles. The van der Waals surface area contributed by atoms with Crippen molar-refractivity contribution >= 4 is 7.82 Å². The highest BCUT2D eigenvalue weighted by atomic mass is 31.2. The van der Waals surface area contributed by atoms with Gasteiger partial charge in [0.15, 0.2) is 5.79 Å². The molecule has 0 unspecified atom stereocenters. The first-order valence-corrected chi connectivity index (χ1v) is 9.99. The van der Waals surface area contributed by atoms with Crippen LogP contribution in [-0.2, 0) is 23.1 Å². The lowest BCUT2D eigenvalue weighted by Gasteiger charge is -2.48. The Morgan fingerprint density at radius 3 is 2.12 bits per heavy atom. The number of phosphoric acid groups is 1. The van der Waals surface area contributed by atoms with Gasteiger partial charge in [-0.05, 0) is 25.0 Å². The van der Waals surface area contributed by atoms with Crippen molar-refractivity contribution in [3.63, 3.8) is 0 Å². The molecule has 2 heterocycles.